The van der Waals surface area contributed by atoms with Crippen LogP contribution in [0.1, 0.15) is 31.4 Å². The molecular weight excluding hydrogens is 262 g/mol. The zero-order valence-electron chi connectivity index (χ0n) is 14.0. The van der Waals surface area contributed by atoms with Gasteiger partial charge in [-0.1, -0.05) is 19.1 Å². The molecule has 0 heterocycles. The number of likely N-dealkylation sites (N-methyl/N-ethyl adjacent to an activating group) is 1. The van der Waals surface area contributed by atoms with E-state index in [1.54, 1.807) is 0 Å². The van der Waals surface area contributed by atoms with E-state index in [0.717, 1.165) is 38.3 Å². The third-order valence-electron chi connectivity index (χ3n) is 3.59. The van der Waals surface area contributed by atoms with Gasteiger partial charge < -0.3 is 15.4 Å². The lowest BCUT2D eigenvalue weighted by atomic mass is 10.1. The SMILES string of the molecule is CCCOc1cccc(C(CN)N(C)CCCN(C)C)c1. The molecule has 0 aliphatic rings. The molecule has 0 amide bonds. The van der Waals surface area contributed by atoms with Crippen LogP contribution in [0.15, 0.2) is 24.3 Å². The highest BCUT2D eigenvalue weighted by atomic mass is 16.5. The third-order valence-corrected chi connectivity index (χ3v) is 3.59. The number of nitrogens with two attached hydrogens (primary N) is 1. The topological polar surface area (TPSA) is 41.7 Å². The molecule has 4 heteroatoms. The highest BCUT2D eigenvalue weighted by molar-refractivity contribution is 5.30. The van der Waals surface area contributed by atoms with Gasteiger partial charge in [-0.15, -0.1) is 0 Å². The second kappa shape index (κ2) is 9.77. The maximum Gasteiger partial charge on any atom is 0.119 e. The highest BCUT2D eigenvalue weighted by Gasteiger charge is 2.15. The number of rotatable bonds is 10. The van der Waals surface area contributed by atoms with Crippen molar-refractivity contribution in [3.05, 3.63) is 29.8 Å². The molecule has 0 aromatic heterocycles. The standard InChI is InChI=1S/C17H31N3O/c1-5-12-21-16-9-6-8-15(13-16)17(14-18)20(4)11-7-10-19(2)3/h6,8-9,13,17H,5,7,10-12,14,18H2,1-4H3. The van der Waals surface area contributed by atoms with Crippen LogP contribution in [-0.4, -0.2) is 57.2 Å². The average Bonchev–Trinajstić information content (AvgIpc) is 2.46. The summed E-state index contributed by atoms with van der Waals surface area (Å²) < 4.78 is 5.72. The third kappa shape index (κ3) is 6.46. The summed E-state index contributed by atoms with van der Waals surface area (Å²) in [7, 11) is 6.36. The van der Waals surface area contributed by atoms with Crippen molar-refractivity contribution < 1.29 is 4.74 Å². The van der Waals surface area contributed by atoms with Crippen LogP contribution in [0.4, 0.5) is 0 Å². The Balaban J connectivity index is 2.65. The van der Waals surface area contributed by atoms with Gasteiger partial charge in [0.25, 0.3) is 0 Å². The molecule has 1 rings (SSSR count). The molecule has 120 valence electrons. The summed E-state index contributed by atoms with van der Waals surface area (Å²) in [5.74, 6) is 0.939. The number of benzene rings is 1. The van der Waals surface area contributed by atoms with Crippen molar-refractivity contribution in [3.8, 4) is 5.75 Å². The van der Waals surface area contributed by atoms with Crippen molar-refractivity contribution in [1.82, 2.24) is 9.80 Å². The molecule has 0 aliphatic carbocycles. The van der Waals surface area contributed by atoms with Gasteiger partial charge in [0, 0.05) is 12.6 Å². The first kappa shape index (κ1) is 18.0. The Hall–Kier alpha value is -1.10. The monoisotopic (exact) mass is 293 g/mol. The van der Waals surface area contributed by atoms with E-state index in [0.29, 0.717) is 6.54 Å². The smallest absolute Gasteiger partial charge is 0.119 e. The van der Waals surface area contributed by atoms with Gasteiger partial charge in [0.2, 0.25) is 0 Å². The molecular formula is C17H31N3O. The largest absolute Gasteiger partial charge is 0.494 e. The van der Waals surface area contributed by atoms with Gasteiger partial charge in [-0.25, -0.2) is 0 Å². The second-order valence-electron chi connectivity index (χ2n) is 5.81. The van der Waals surface area contributed by atoms with Crippen molar-refractivity contribution in [1.29, 1.82) is 0 Å². The summed E-state index contributed by atoms with van der Waals surface area (Å²) in [6.45, 7) is 5.64. The molecule has 1 unspecified atom stereocenters. The van der Waals surface area contributed by atoms with Gasteiger partial charge in [0.1, 0.15) is 5.75 Å². The Kier molecular flexibility index (Phi) is 8.35. The predicted molar refractivity (Wildman–Crippen MR) is 89.8 cm³/mol. The summed E-state index contributed by atoms with van der Waals surface area (Å²) in [6, 6.07) is 8.57. The lowest BCUT2D eigenvalue weighted by molar-refractivity contribution is 0.234. The summed E-state index contributed by atoms with van der Waals surface area (Å²) >= 11 is 0. The lowest BCUT2D eigenvalue weighted by Gasteiger charge is -2.28. The molecule has 0 spiro atoms. The molecule has 0 saturated carbocycles. The molecule has 0 saturated heterocycles. The average molecular weight is 293 g/mol. The fourth-order valence-corrected chi connectivity index (χ4v) is 2.39. The predicted octanol–water partition coefficient (Wildman–Crippen LogP) is 2.36. The summed E-state index contributed by atoms with van der Waals surface area (Å²) in [5, 5.41) is 0. The van der Waals surface area contributed by atoms with Gasteiger partial charge in [-0.3, -0.25) is 4.90 Å². The second-order valence-corrected chi connectivity index (χ2v) is 5.81. The van der Waals surface area contributed by atoms with Gasteiger partial charge in [0.15, 0.2) is 0 Å². The quantitative estimate of drug-likeness (QED) is 0.719. The van der Waals surface area contributed by atoms with E-state index in [2.05, 4.69) is 56.1 Å². The minimum atomic E-state index is 0.248. The Bertz CT molecular complexity index is 395. The van der Waals surface area contributed by atoms with Crippen molar-refractivity contribution in [3.63, 3.8) is 0 Å². The van der Waals surface area contributed by atoms with Crippen LogP contribution in [0.3, 0.4) is 0 Å². The molecule has 2 N–H and O–H groups in total. The van der Waals surface area contributed by atoms with Crippen LogP contribution in [0.5, 0.6) is 5.75 Å². The summed E-state index contributed by atoms with van der Waals surface area (Å²) in [6.07, 6.45) is 2.17. The minimum Gasteiger partial charge on any atom is -0.494 e. The summed E-state index contributed by atoms with van der Waals surface area (Å²) in [4.78, 5) is 4.55. The first-order valence-electron chi connectivity index (χ1n) is 7.86. The molecule has 4 nitrogen and oxygen atoms in total. The maximum atomic E-state index is 5.99. The maximum absolute atomic E-state index is 5.99. The number of hydrogen-bond acceptors (Lipinski definition) is 4. The first-order valence-corrected chi connectivity index (χ1v) is 7.86. The Morgan fingerprint density at radius 1 is 1.19 bits per heavy atom. The highest BCUT2D eigenvalue weighted by Crippen LogP contribution is 2.23. The van der Waals surface area contributed by atoms with E-state index in [-0.39, 0.29) is 6.04 Å². The van der Waals surface area contributed by atoms with Gasteiger partial charge in [0.05, 0.1) is 6.61 Å². The number of ether oxygens (including phenoxy) is 1. The molecule has 1 aromatic carbocycles. The van der Waals surface area contributed by atoms with E-state index in [4.69, 9.17) is 10.5 Å². The van der Waals surface area contributed by atoms with E-state index in [1.807, 2.05) is 6.07 Å². The molecule has 0 radical (unpaired) electrons. The number of nitrogens with zero attached hydrogens (tertiary/aromatic N) is 2. The molecule has 0 bridgehead atoms. The minimum absolute atomic E-state index is 0.248. The Morgan fingerprint density at radius 2 is 1.95 bits per heavy atom. The number of hydrogen-bond donors (Lipinski definition) is 1. The van der Waals surface area contributed by atoms with Crippen LogP contribution in [0, 0.1) is 0 Å². The van der Waals surface area contributed by atoms with Crippen LogP contribution >= 0.6 is 0 Å². The molecule has 1 aromatic rings. The van der Waals surface area contributed by atoms with Crippen molar-refractivity contribution in [2.45, 2.75) is 25.8 Å². The van der Waals surface area contributed by atoms with Crippen LogP contribution < -0.4 is 10.5 Å². The molecule has 21 heavy (non-hydrogen) atoms. The van der Waals surface area contributed by atoms with Crippen LogP contribution in [0.25, 0.3) is 0 Å². The van der Waals surface area contributed by atoms with Crippen molar-refractivity contribution in [2.24, 2.45) is 5.73 Å². The van der Waals surface area contributed by atoms with Crippen molar-refractivity contribution in [2.75, 3.05) is 47.4 Å². The fourth-order valence-electron chi connectivity index (χ4n) is 2.39. The summed E-state index contributed by atoms with van der Waals surface area (Å²) in [5.41, 5.74) is 7.23. The zero-order valence-corrected chi connectivity index (χ0v) is 14.0. The van der Waals surface area contributed by atoms with Gasteiger partial charge >= 0.3 is 0 Å². The Labute approximate surface area is 129 Å². The van der Waals surface area contributed by atoms with E-state index in [9.17, 15) is 0 Å². The van der Waals surface area contributed by atoms with E-state index >= 15 is 0 Å². The van der Waals surface area contributed by atoms with E-state index < -0.39 is 0 Å². The zero-order chi connectivity index (χ0) is 15.7. The fraction of sp³-hybridized carbons (Fsp3) is 0.647. The van der Waals surface area contributed by atoms with Crippen LogP contribution in [-0.2, 0) is 0 Å². The van der Waals surface area contributed by atoms with E-state index in [1.165, 1.54) is 5.56 Å². The van der Waals surface area contributed by atoms with Crippen molar-refractivity contribution >= 4 is 0 Å². The van der Waals surface area contributed by atoms with Gasteiger partial charge in [-0.05, 0) is 64.8 Å². The molecule has 1 atom stereocenters. The Morgan fingerprint density at radius 3 is 2.57 bits per heavy atom. The van der Waals surface area contributed by atoms with Gasteiger partial charge in [-0.2, -0.15) is 0 Å². The normalized spacial score (nSPS) is 12.9. The van der Waals surface area contributed by atoms with Crippen LogP contribution in [0.2, 0.25) is 0 Å². The molecule has 0 aliphatic heterocycles. The lowest BCUT2D eigenvalue weighted by Crippen LogP contribution is -2.32. The first-order chi connectivity index (χ1) is 10.1. The molecule has 0 fully saturated rings.